The third-order valence-electron chi connectivity index (χ3n) is 4.21. The topological polar surface area (TPSA) is 17.3 Å². The highest BCUT2D eigenvalue weighted by Gasteiger charge is 2.03. The molecule has 0 radical (unpaired) electrons. The van der Waals surface area contributed by atoms with E-state index in [0.29, 0.717) is 6.54 Å². The molecular formula is C22H16FIN2. The number of halogens is 2. The highest BCUT2D eigenvalue weighted by molar-refractivity contribution is 14.1. The Morgan fingerprint density at radius 1 is 0.962 bits per heavy atom. The Hall–Kier alpha value is -2.47. The van der Waals surface area contributed by atoms with Crippen molar-refractivity contribution in [3.63, 3.8) is 0 Å². The van der Waals surface area contributed by atoms with Gasteiger partial charge in [-0.3, -0.25) is 4.99 Å². The minimum atomic E-state index is -0.201. The summed E-state index contributed by atoms with van der Waals surface area (Å²) in [4.78, 5) is 4.55. The summed E-state index contributed by atoms with van der Waals surface area (Å²) >= 11 is 2.28. The Bertz CT molecular complexity index is 1100. The van der Waals surface area contributed by atoms with Crippen LogP contribution in [-0.4, -0.2) is 10.8 Å². The second kappa shape index (κ2) is 7.41. The van der Waals surface area contributed by atoms with Crippen molar-refractivity contribution in [2.75, 3.05) is 0 Å². The molecule has 3 aromatic carbocycles. The summed E-state index contributed by atoms with van der Waals surface area (Å²) in [5, 5.41) is 1.15. The maximum atomic E-state index is 13.4. The van der Waals surface area contributed by atoms with E-state index in [0.717, 1.165) is 27.7 Å². The lowest BCUT2D eigenvalue weighted by atomic mass is 10.1. The van der Waals surface area contributed by atoms with Crippen molar-refractivity contribution in [2.24, 2.45) is 4.99 Å². The average Bonchev–Trinajstić information content (AvgIpc) is 3.02. The van der Waals surface area contributed by atoms with Gasteiger partial charge in [-0.2, -0.15) is 0 Å². The molecular weight excluding hydrogens is 438 g/mol. The van der Waals surface area contributed by atoms with Gasteiger partial charge in [0.2, 0.25) is 0 Å². The zero-order valence-corrected chi connectivity index (χ0v) is 16.1. The number of benzene rings is 3. The number of aliphatic imine (C=N–C) groups is 1. The zero-order valence-electron chi connectivity index (χ0n) is 13.9. The van der Waals surface area contributed by atoms with Gasteiger partial charge in [-0.25, -0.2) is 4.39 Å². The second-order valence-corrected chi connectivity index (χ2v) is 7.38. The molecule has 0 aliphatic rings. The van der Waals surface area contributed by atoms with E-state index in [1.165, 1.54) is 9.64 Å². The van der Waals surface area contributed by atoms with Crippen LogP contribution in [0.1, 0.15) is 11.1 Å². The lowest BCUT2D eigenvalue weighted by Crippen LogP contribution is -1.98. The molecule has 0 N–H and O–H groups in total. The molecule has 2 nitrogen and oxygen atoms in total. The monoisotopic (exact) mass is 454 g/mol. The van der Waals surface area contributed by atoms with E-state index in [2.05, 4.69) is 56.4 Å². The number of fused-ring (bicyclic) bond motifs is 1. The largest absolute Gasteiger partial charge is 0.343 e. The van der Waals surface area contributed by atoms with Crippen LogP contribution in [0.4, 0.5) is 10.1 Å². The molecule has 0 aliphatic carbocycles. The zero-order chi connectivity index (χ0) is 17.9. The van der Waals surface area contributed by atoms with Crippen LogP contribution < -0.4 is 0 Å². The van der Waals surface area contributed by atoms with E-state index in [4.69, 9.17) is 0 Å². The maximum absolute atomic E-state index is 13.4. The molecule has 4 rings (SSSR count). The average molecular weight is 454 g/mol. The quantitative estimate of drug-likeness (QED) is 0.259. The first-order valence-corrected chi connectivity index (χ1v) is 9.38. The molecule has 0 amide bonds. The van der Waals surface area contributed by atoms with Crippen molar-refractivity contribution >= 4 is 45.4 Å². The van der Waals surface area contributed by atoms with Gasteiger partial charge >= 0.3 is 0 Å². The Kier molecular flexibility index (Phi) is 4.84. The molecule has 0 atom stereocenters. The molecule has 0 bridgehead atoms. The van der Waals surface area contributed by atoms with Crippen LogP contribution in [0, 0.1) is 9.39 Å². The molecule has 0 fully saturated rings. The van der Waals surface area contributed by atoms with Crippen LogP contribution in [0.15, 0.2) is 84.0 Å². The standard InChI is InChI=1S/C22H16FIN2/c23-19-4-1-3-17(12-19)15-26-10-9-18-11-16(7-8-22(18)26)14-25-21-6-2-5-20(24)13-21/h1-14H,15H2. The van der Waals surface area contributed by atoms with Crippen LogP contribution in [-0.2, 0) is 6.54 Å². The van der Waals surface area contributed by atoms with Gasteiger partial charge in [0.05, 0.1) is 5.69 Å². The molecule has 4 heteroatoms. The summed E-state index contributed by atoms with van der Waals surface area (Å²) < 4.78 is 16.7. The summed E-state index contributed by atoms with van der Waals surface area (Å²) in [5.74, 6) is -0.201. The maximum Gasteiger partial charge on any atom is 0.123 e. The van der Waals surface area contributed by atoms with Gasteiger partial charge < -0.3 is 4.57 Å². The summed E-state index contributed by atoms with van der Waals surface area (Å²) in [5.41, 5.74) is 4.08. The predicted molar refractivity (Wildman–Crippen MR) is 114 cm³/mol. The van der Waals surface area contributed by atoms with Crippen molar-refractivity contribution < 1.29 is 4.39 Å². The Morgan fingerprint density at radius 2 is 1.85 bits per heavy atom. The van der Waals surface area contributed by atoms with E-state index in [1.54, 1.807) is 12.1 Å². The van der Waals surface area contributed by atoms with Crippen molar-refractivity contribution in [3.05, 3.63) is 99.5 Å². The highest BCUT2D eigenvalue weighted by atomic mass is 127. The van der Waals surface area contributed by atoms with E-state index in [1.807, 2.05) is 42.7 Å². The Balaban J connectivity index is 1.59. The molecule has 0 saturated carbocycles. The van der Waals surface area contributed by atoms with Crippen molar-refractivity contribution in [2.45, 2.75) is 6.54 Å². The molecule has 128 valence electrons. The normalized spacial score (nSPS) is 11.5. The van der Waals surface area contributed by atoms with E-state index >= 15 is 0 Å². The van der Waals surface area contributed by atoms with Crippen LogP contribution in [0.25, 0.3) is 10.9 Å². The lowest BCUT2D eigenvalue weighted by Gasteiger charge is -2.06. The summed E-state index contributed by atoms with van der Waals surface area (Å²) in [6.45, 7) is 0.650. The fourth-order valence-corrected chi connectivity index (χ4v) is 3.50. The highest BCUT2D eigenvalue weighted by Crippen LogP contribution is 2.20. The molecule has 0 aliphatic heterocycles. The van der Waals surface area contributed by atoms with Crippen LogP contribution in [0.2, 0.25) is 0 Å². The number of hydrogen-bond donors (Lipinski definition) is 0. The summed E-state index contributed by atoms with van der Waals surface area (Å²) in [7, 11) is 0. The molecule has 0 spiro atoms. The van der Waals surface area contributed by atoms with Gasteiger partial charge in [-0.05, 0) is 82.2 Å². The number of nitrogens with zero attached hydrogens (tertiary/aromatic N) is 2. The third kappa shape index (κ3) is 3.85. The number of aromatic nitrogens is 1. The lowest BCUT2D eigenvalue weighted by molar-refractivity contribution is 0.624. The van der Waals surface area contributed by atoms with Gasteiger partial charge in [0.1, 0.15) is 5.82 Å². The number of rotatable bonds is 4. The van der Waals surface area contributed by atoms with Crippen LogP contribution in [0.3, 0.4) is 0 Å². The Morgan fingerprint density at radius 3 is 2.69 bits per heavy atom. The van der Waals surface area contributed by atoms with E-state index in [9.17, 15) is 4.39 Å². The predicted octanol–water partition coefficient (Wildman–Crippen LogP) is 6.18. The van der Waals surface area contributed by atoms with E-state index < -0.39 is 0 Å². The fraction of sp³-hybridized carbons (Fsp3) is 0.0455. The number of hydrogen-bond acceptors (Lipinski definition) is 1. The fourth-order valence-electron chi connectivity index (χ4n) is 2.97. The first-order valence-electron chi connectivity index (χ1n) is 8.30. The second-order valence-electron chi connectivity index (χ2n) is 6.13. The van der Waals surface area contributed by atoms with Crippen LogP contribution >= 0.6 is 22.6 Å². The van der Waals surface area contributed by atoms with Crippen LogP contribution in [0.5, 0.6) is 0 Å². The molecule has 1 aromatic heterocycles. The van der Waals surface area contributed by atoms with Gasteiger partial charge in [0.15, 0.2) is 0 Å². The van der Waals surface area contributed by atoms with Crippen molar-refractivity contribution in [1.29, 1.82) is 0 Å². The minimum Gasteiger partial charge on any atom is -0.343 e. The van der Waals surface area contributed by atoms with Crippen molar-refractivity contribution in [1.82, 2.24) is 4.57 Å². The minimum absolute atomic E-state index is 0.201. The van der Waals surface area contributed by atoms with Crippen molar-refractivity contribution in [3.8, 4) is 0 Å². The smallest absolute Gasteiger partial charge is 0.123 e. The van der Waals surface area contributed by atoms with Gasteiger partial charge in [-0.1, -0.05) is 24.3 Å². The molecule has 0 saturated heterocycles. The summed E-state index contributed by atoms with van der Waals surface area (Å²) in [6.07, 6.45) is 3.92. The molecule has 26 heavy (non-hydrogen) atoms. The van der Waals surface area contributed by atoms with Gasteiger partial charge in [0, 0.05) is 33.4 Å². The first-order chi connectivity index (χ1) is 12.7. The van der Waals surface area contributed by atoms with Gasteiger partial charge in [-0.15, -0.1) is 0 Å². The van der Waals surface area contributed by atoms with Gasteiger partial charge in [0.25, 0.3) is 0 Å². The summed E-state index contributed by atoms with van der Waals surface area (Å²) in [6, 6.07) is 23.2. The first kappa shape index (κ1) is 17.0. The Labute approximate surface area is 165 Å². The third-order valence-corrected chi connectivity index (χ3v) is 4.88. The molecule has 0 unspecified atom stereocenters. The molecule has 4 aromatic rings. The SMILES string of the molecule is Fc1cccc(Cn2ccc3cc(C=Nc4cccc(I)c4)ccc32)c1. The molecule has 1 heterocycles. The van der Waals surface area contributed by atoms with E-state index in [-0.39, 0.29) is 5.82 Å².